The van der Waals surface area contributed by atoms with Gasteiger partial charge in [0.25, 0.3) is 0 Å². The second-order valence-corrected chi connectivity index (χ2v) is 6.46. The third-order valence-electron chi connectivity index (χ3n) is 4.59. The number of benzene rings is 1. The van der Waals surface area contributed by atoms with Crippen LogP contribution in [0.25, 0.3) is 16.9 Å². The quantitative estimate of drug-likeness (QED) is 0.732. The first-order valence-corrected chi connectivity index (χ1v) is 8.57. The van der Waals surface area contributed by atoms with Crippen LogP contribution in [0.4, 0.5) is 0 Å². The first kappa shape index (κ1) is 15.9. The van der Waals surface area contributed by atoms with Gasteiger partial charge in [0.2, 0.25) is 5.88 Å². The molecule has 1 unspecified atom stereocenters. The lowest BCUT2D eigenvalue weighted by atomic mass is 10.1. The smallest absolute Gasteiger partial charge is 0.232 e. The summed E-state index contributed by atoms with van der Waals surface area (Å²) in [7, 11) is 3.79. The molecule has 4 rings (SSSR count). The number of piperidine rings is 1. The van der Waals surface area contributed by atoms with Crippen molar-refractivity contribution in [1.29, 1.82) is 0 Å². The second-order valence-electron chi connectivity index (χ2n) is 6.46. The van der Waals surface area contributed by atoms with Gasteiger partial charge in [-0.2, -0.15) is 0 Å². The van der Waals surface area contributed by atoms with Gasteiger partial charge in [0.1, 0.15) is 11.9 Å². The fourth-order valence-corrected chi connectivity index (χ4v) is 3.26. The summed E-state index contributed by atoms with van der Waals surface area (Å²) in [5, 5.41) is 4.66. The zero-order chi connectivity index (χ0) is 17.2. The van der Waals surface area contributed by atoms with E-state index >= 15 is 0 Å². The summed E-state index contributed by atoms with van der Waals surface area (Å²) in [6, 6.07) is 11.7. The molecule has 3 aromatic rings. The number of ether oxygens (including phenoxy) is 2. The molecule has 6 nitrogen and oxygen atoms in total. The van der Waals surface area contributed by atoms with Crippen molar-refractivity contribution in [3.8, 4) is 22.9 Å². The number of hydrogen-bond acceptors (Lipinski definition) is 5. The number of hydrogen-bond donors (Lipinski definition) is 0. The van der Waals surface area contributed by atoms with Crippen LogP contribution in [0.5, 0.6) is 11.6 Å². The molecule has 1 aliphatic heterocycles. The van der Waals surface area contributed by atoms with Crippen molar-refractivity contribution in [1.82, 2.24) is 19.5 Å². The molecular weight excluding hydrogens is 316 g/mol. The molecule has 130 valence electrons. The second kappa shape index (κ2) is 6.72. The normalized spacial score (nSPS) is 18.4. The van der Waals surface area contributed by atoms with E-state index in [0.29, 0.717) is 5.88 Å². The third-order valence-corrected chi connectivity index (χ3v) is 4.59. The molecule has 1 fully saturated rings. The maximum absolute atomic E-state index is 6.11. The number of methoxy groups -OCH3 is 1. The van der Waals surface area contributed by atoms with Crippen molar-refractivity contribution < 1.29 is 9.47 Å². The number of imidazole rings is 1. The molecule has 0 radical (unpaired) electrons. The summed E-state index contributed by atoms with van der Waals surface area (Å²) < 4.78 is 13.2. The number of aromatic nitrogens is 3. The Hall–Kier alpha value is -2.60. The zero-order valence-corrected chi connectivity index (χ0v) is 14.6. The van der Waals surface area contributed by atoms with Crippen molar-refractivity contribution in [3.63, 3.8) is 0 Å². The average molecular weight is 338 g/mol. The van der Waals surface area contributed by atoms with Crippen LogP contribution < -0.4 is 9.47 Å². The van der Waals surface area contributed by atoms with Gasteiger partial charge in [0, 0.05) is 18.2 Å². The zero-order valence-electron chi connectivity index (χ0n) is 14.6. The van der Waals surface area contributed by atoms with Gasteiger partial charge in [0.15, 0.2) is 5.65 Å². The van der Waals surface area contributed by atoms with Gasteiger partial charge >= 0.3 is 0 Å². The van der Waals surface area contributed by atoms with Crippen molar-refractivity contribution in [2.75, 3.05) is 27.2 Å². The van der Waals surface area contributed by atoms with Crippen LogP contribution in [0, 0.1) is 0 Å². The van der Waals surface area contributed by atoms with E-state index in [1.54, 1.807) is 7.11 Å². The summed E-state index contributed by atoms with van der Waals surface area (Å²) in [6.45, 7) is 2.07. The van der Waals surface area contributed by atoms with Crippen molar-refractivity contribution in [2.24, 2.45) is 0 Å². The van der Waals surface area contributed by atoms with E-state index in [-0.39, 0.29) is 6.10 Å². The molecule has 1 aromatic carbocycles. The van der Waals surface area contributed by atoms with Crippen molar-refractivity contribution >= 4 is 5.65 Å². The Kier molecular flexibility index (Phi) is 4.28. The first-order valence-electron chi connectivity index (χ1n) is 8.57. The van der Waals surface area contributed by atoms with Gasteiger partial charge in [-0.25, -0.2) is 9.50 Å². The van der Waals surface area contributed by atoms with Gasteiger partial charge in [-0.3, -0.25) is 0 Å². The molecule has 3 heterocycles. The van der Waals surface area contributed by atoms with Crippen LogP contribution >= 0.6 is 0 Å². The minimum Gasteiger partial charge on any atom is -0.497 e. The highest BCUT2D eigenvalue weighted by atomic mass is 16.5. The van der Waals surface area contributed by atoms with E-state index in [9.17, 15) is 0 Å². The molecule has 6 heteroatoms. The SMILES string of the molecule is COc1ccc(-c2cnc3ccc(OC4CCCN(C)C4)nn23)cc1. The van der Waals surface area contributed by atoms with E-state index in [2.05, 4.69) is 22.0 Å². The van der Waals surface area contributed by atoms with Crippen LogP contribution in [-0.4, -0.2) is 52.8 Å². The molecular formula is C19H22N4O2. The van der Waals surface area contributed by atoms with Crippen molar-refractivity contribution in [2.45, 2.75) is 18.9 Å². The van der Waals surface area contributed by atoms with Crippen LogP contribution in [0.1, 0.15) is 12.8 Å². The molecule has 1 atom stereocenters. The maximum Gasteiger partial charge on any atom is 0.232 e. The highest BCUT2D eigenvalue weighted by molar-refractivity contribution is 5.63. The molecule has 0 N–H and O–H groups in total. The fourth-order valence-electron chi connectivity index (χ4n) is 3.26. The van der Waals surface area contributed by atoms with Crippen molar-refractivity contribution in [3.05, 3.63) is 42.6 Å². The van der Waals surface area contributed by atoms with Crippen LogP contribution in [0.15, 0.2) is 42.6 Å². The van der Waals surface area contributed by atoms with Gasteiger partial charge in [-0.05, 0) is 56.8 Å². The summed E-state index contributed by atoms with van der Waals surface area (Å²) in [6.07, 6.45) is 4.25. The summed E-state index contributed by atoms with van der Waals surface area (Å²) in [5.41, 5.74) is 2.78. The standard InChI is InChI=1S/C19H22N4O2/c1-22-11-3-4-16(13-22)25-19-10-9-18-20-12-17(23(18)21-19)14-5-7-15(24-2)8-6-14/h5-10,12,16H,3-4,11,13H2,1-2H3. The van der Waals surface area contributed by atoms with Crippen LogP contribution in [0.2, 0.25) is 0 Å². The highest BCUT2D eigenvalue weighted by Gasteiger charge is 2.19. The lowest BCUT2D eigenvalue weighted by Crippen LogP contribution is -2.38. The van der Waals surface area contributed by atoms with Gasteiger partial charge in [0.05, 0.1) is 19.0 Å². The predicted octanol–water partition coefficient (Wildman–Crippen LogP) is 2.88. The molecule has 0 amide bonds. The lowest BCUT2D eigenvalue weighted by Gasteiger charge is -2.29. The predicted molar refractivity (Wildman–Crippen MR) is 96.1 cm³/mol. The Morgan fingerprint density at radius 3 is 2.72 bits per heavy atom. The average Bonchev–Trinajstić information content (AvgIpc) is 3.05. The summed E-state index contributed by atoms with van der Waals surface area (Å²) >= 11 is 0. The molecule has 1 saturated heterocycles. The Morgan fingerprint density at radius 1 is 1.12 bits per heavy atom. The molecule has 0 spiro atoms. The topological polar surface area (TPSA) is 51.9 Å². The fraction of sp³-hybridized carbons (Fsp3) is 0.368. The third kappa shape index (κ3) is 3.30. The number of rotatable bonds is 4. The molecule has 0 aliphatic carbocycles. The first-order chi connectivity index (χ1) is 12.2. The Balaban J connectivity index is 1.62. The Bertz CT molecular complexity index is 859. The molecule has 0 saturated carbocycles. The maximum atomic E-state index is 6.11. The van der Waals surface area contributed by atoms with E-state index in [1.165, 1.54) is 0 Å². The molecule has 25 heavy (non-hydrogen) atoms. The lowest BCUT2D eigenvalue weighted by molar-refractivity contribution is 0.0988. The molecule has 2 aromatic heterocycles. The number of nitrogens with zero attached hydrogens (tertiary/aromatic N) is 4. The van der Waals surface area contributed by atoms with E-state index in [1.807, 2.05) is 47.1 Å². The van der Waals surface area contributed by atoms with E-state index in [4.69, 9.17) is 9.47 Å². The largest absolute Gasteiger partial charge is 0.497 e. The summed E-state index contributed by atoms with van der Waals surface area (Å²) in [4.78, 5) is 6.74. The van der Waals surface area contributed by atoms with E-state index < -0.39 is 0 Å². The number of fused-ring (bicyclic) bond motifs is 1. The highest BCUT2D eigenvalue weighted by Crippen LogP contribution is 2.24. The van der Waals surface area contributed by atoms with Crippen LogP contribution in [0.3, 0.4) is 0 Å². The Morgan fingerprint density at radius 2 is 1.96 bits per heavy atom. The minimum absolute atomic E-state index is 0.191. The van der Waals surface area contributed by atoms with Gasteiger partial charge < -0.3 is 14.4 Å². The summed E-state index contributed by atoms with van der Waals surface area (Å²) in [5.74, 6) is 1.47. The van der Waals surface area contributed by atoms with Gasteiger partial charge in [-0.1, -0.05) is 0 Å². The molecule has 1 aliphatic rings. The monoisotopic (exact) mass is 338 g/mol. The van der Waals surface area contributed by atoms with E-state index in [0.717, 1.165) is 48.6 Å². The molecule has 0 bridgehead atoms. The van der Waals surface area contributed by atoms with Gasteiger partial charge in [-0.15, -0.1) is 5.10 Å². The van der Waals surface area contributed by atoms with Crippen LogP contribution in [-0.2, 0) is 0 Å². The number of likely N-dealkylation sites (tertiary alicyclic amines) is 1. The number of likely N-dealkylation sites (N-methyl/N-ethyl adjacent to an activating group) is 1. The minimum atomic E-state index is 0.191. The Labute approximate surface area is 147 Å².